The van der Waals surface area contributed by atoms with Crippen LogP contribution >= 0.6 is 0 Å². The number of benzene rings is 1. The first-order valence-corrected chi connectivity index (χ1v) is 6.66. The van der Waals surface area contributed by atoms with E-state index in [9.17, 15) is 0 Å². The van der Waals surface area contributed by atoms with Crippen molar-refractivity contribution < 1.29 is 4.74 Å². The predicted octanol–water partition coefficient (Wildman–Crippen LogP) is 2.14. The Labute approximate surface area is 110 Å². The van der Waals surface area contributed by atoms with Crippen molar-refractivity contribution in [2.45, 2.75) is 45.6 Å². The first-order chi connectivity index (χ1) is 8.48. The Kier molecular flexibility index (Phi) is 4.05. The van der Waals surface area contributed by atoms with E-state index in [1.807, 2.05) is 0 Å². The number of ether oxygens (including phenoxy) is 1. The molecule has 1 fully saturated rings. The van der Waals surface area contributed by atoms with Gasteiger partial charge in [0.25, 0.3) is 0 Å². The molecule has 2 N–H and O–H groups in total. The van der Waals surface area contributed by atoms with Gasteiger partial charge in [0.1, 0.15) is 0 Å². The van der Waals surface area contributed by atoms with Crippen molar-refractivity contribution in [3.63, 3.8) is 0 Å². The van der Waals surface area contributed by atoms with Crippen molar-refractivity contribution in [3.8, 4) is 0 Å². The number of morpholine rings is 1. The second-order valence-electron chi connectivity index (χ2n) is 5.88. The molecular formula is C15H24N2O. The zero-order chi connectivity index (χ0) is 13.2. The molecule has 0 radical (unpaired) electrons. The van der Waals surface area contributed by atoms with Gasteiger partial charge in [0, 0.05) is 26.2 Å². The van der Waals surface area contributed by atoms with Gasteiger partial charge < -0.3 is 10.5 Å². The highest BCUT2D eigenvalue weighted by atomic mass is 16.5. The van der Waals surface area contributed by atoms with Gasteiger partial charge in [-0.2, -0.15) is 0 Å². The third-order valence-electron chi connectivity index (χ3n) is 3.27. The maximum atomic E-state index is 5.92. The van der Waals surface area contributed by atoms with E-state index in [1.54, 1.807) is 0 Å². The molecule has 0 saturated carbocycles. The Morgan fingerprint density at radius 1 is 1.39 bits per heavy atom. The van der Waals surface area contributed by atoms with E-state index in [-0.39, 0.29) is 5.60 Å². The van der Waals surface area contributed by atoms with Crippen LogP contribution in [0.3, 0.4) is 0 Å². The highest BCUT2D eigenvalue weighted by Crippen LogP contribution is 2.22. The quantitative estimate of drug-likeness (QED) is 0.890. The first-order valence-electron chi connectivity index (χ1n) is 6.66. The molecule has 1 aliphatic rings. The third kappa shape index (κ3) is 3.55. The Morgan fingerprint density at radius 3 is 2.78 bits per heavy atom. The minimum absolute atomic E-state index is 0.0524. The Bertz CT molecular complexity index is 403. The minimum Gasteiger partial charge on any atom is -0.370 e. The van der Waals surface area contributed by atoms with E-state index in [0.717, 1.165) is 19.6 Å². The molecule has 1 aliphatic heterocycles. The highest BCUT2D eigenvalue weighted by Gasteiger charge is 2.30. The van der Waals surface area contributed by atoms with Crippen molar-refractivity contribution in [1.82, 2.24) is 4.90 Å². The summed E-state index contributed by atoms with van der Waals surface area (Å²) in [7, 11) is 0. The van der Waals surface area contributed by atoms with E-state index >= 15 is 0 Å². The van der Waals surface area contributed by atoms with Crippen LogP contribution in [0.4, 0.5) is 0 Å². The first kappa shape index (κ1) is 13.5. The molecule has 3 heteroatoms. The van der Waals surface area contributed by atoms with Crippen LogP contribution in [0.1, 0.15) is 31.9 Å². The fourth-order valence-corrected chi connectivity index (χ4v) is 2.82. The van der Waals surface area contributed by atoms with Gasteiger partial charge in [-0.25, -0.2) is 0 Å². The molecule has 0 amide bonds. The molecule has 1 unspecified atom stereocenters. The number of rotatable bonds is 3. The summed E-state index contributed by atoms with van der Waals surface area (Å²) in [5, 5.41) is 0. The molecular weight excluding hydrogens is 224 g/mol. The van der Waals surface area contributed by atoms with Crippen LogP contribution in [0.5, 0.6) is 0 Å². The SMILES string of the molecule is CC1CN(Cc2cccc(CN)c2)CC(C)(C)O1. The lowest BCUT2D eigenvalue weighted by molar-refractivity contribution is -0.130. The summed E-state index contributed by atoms with van der Waals surface area (Å²) in [4.78, 5) is 2.46. The normalized spacial score (nSPS) is 24.1. The van der Waals surface area contributed by atoms with Crippen LogP contribution in [0.2, 0.25) is 0 Å². The predicted molar refractivity (Wildman–Crippen MR) is 74.2 cm³/mol. The van der Waals surface area contributed by atoms with Crippen LogP contribution in [0, 0.1) is 0 Å². The lowest BCUT2D eigenvalue weighted by Crippen LogP contribution is -2.51. The van der Waals surface area contributed by atoms with Crippen molar-refractivity contribution in [1.29, 1.82) is 0 Å². The molecule has 3 nitrogen and oxygen atoms in total. The second kappa shape index (κ2) is 5.39. The Morgan fingerprint density at radius 2 is 2.11 bits per heavy atom. The molecule has 0 spiro atoms. The molecule has 1 saturated heterocycles. The summed E-state index contributed by atoms with van der Waals surface area (Å²) in [5.41, 5.74) is 8.17. The molecule has 0 bridgehead atoms. The number of hydrogen-bond donors (Lipinski definition) is 1. The highest BCUT2D eigenvalue weighted by molar-refractivity contribution is 5.23. The fraction of sp³-hybridized carbons (Fsp3) is 0.600. The van der Waals surface area contributed by atoms with Crippen LogP contribution in [-0.2, 0) is 17.8 Å². The molecule has 18 heavy (non-hydrogen) atoms. The average Bonchev–Trinajstić information content (AvgIpc) is 2.26. The molecule has 1 aromatic rings. The van der Waals surface area contributed by atoms with Crippen LogP contribution in [-0.4, -0.2) is 29.7 Å². The van der Waals surface area contributed by atoms with E-state index in [2.05, 4.69) is 49.9 Å². The molecule has 0 aromatic heterocycles. The van der Waals surface area contributed by atoms with Crippen LogP contribution in [0.15, 0.2) is 24.3 Å². The number of nitrogens with two attached hydrogens (primary N) is 1. The maximum Gasteiger partial charge on any atom is 0.0757 e. The average molecular weight is 248 g/mol. The molecule has 100 valence electrons. The van der Waals surface area contributed by atoms with Crippen molar-refractivity contribution in [2.75, 3.05) is 13.1 Å². The lowest BCUT2D eigenvalue weighted by Gasteiger charge is -2.41. The fourth-order valence-electron chi connectivity index (χ4n) is 2.82. The van der Waals surface area contributed by atoms with Crippen molar-refractivity contribution in [3.05, 3.63) is 35.4 Å². The lowest BCUT2D eigenvalue weighted by atomic mass is 10.0. The van der Waals surface area contributed by atoms with Crippen LogP contribution in [0.25, 0.3) is 0 Å². The van der Waals surface area contributed by atoms with E-state index in [4.69, 9.17) is 10.5 Å². The summed E-state index contributed by atoms with van der Waals surface area (Å²) >= 11 is 0. The van der Waals surface area contributed by atoms with Gasteiger partial charge >= 0.3 is 0 Å². The number of hydrogen-bond acceptors (Lipinski definition) is 3. The summed E-state index contributed by atoms with van der Waals surface area (Å²) in [6.07, 6.45) is 0.298. The molecule has 0 aliphatic carbocycles. The topological polar surface area (TPSA) is 38.5 Å². The van der Waals surface area contributed by atoms with Gasteiger partial charge in [0.05, 0.1) is 11.7 Å². The third-order valence-corrected chi connectivity index (χ3v) is 3.27. The van der Waals surface area contributed by atoms with Gasteiger partial charge in [-0.15, -0.1) is 0 Å². The standard InChI is InChI=1S/C15H24N2O/c1-12-9-17(11-15(2,3)18-12)10-14-6-4-5-13(7-14)8-16/h4-7,12H,8-11,16H2,1-3H3. The smallest absolute Gasteiger partial charge is 0.0757 e. The number of nitrogens with zero attached hydrogens (tertiary/aromatic N) is 1. The second-order valence-corrected chi connectivity index (χ2v) is 5.88. The maximum absolute atomic E-state index is 5.92. The molecule has 1 aromatic carbocycles. The van der Waals surface area contributed by atoms with Crippen molar-refractivity contribution in [2.24, 2.45) is 5.73 Å². The van der Waals surface area contributed by atoms with E-state index < -0.39 is 0 Å². The Balaban J connectivity index is 2.04. The summed E-state index contributed by atoms with van der Waals surface area (Å²) in [6, 6.07) is 8.54. The Hall–Kier alpha value is -0.900. The summed E-state index contributed by atoms with van der Waals surface area (Å²) < 4.78 is 5.92. The van der Waals surface area contributed by atoms with Gasteiger partial charge in [-0.1, -0.05) is 24.3 Å². The zero-order valence-electron chi connectivity index (χ0n) is 11.6. The van der Waals surface area contributed by atoms with Crippen LogP contribution < -0.4 is 5.73 Å². The zero-order valence-corrected chi connectivity index (χ0v) is 11.6. The van der Waals surface area contributed by atoms with Gasteiger partial charge in [-0.3, -0.25) is 4.90 Å². The molecule has 2 rings (SSSR count). The monoisotopic (exact) mass is 248 g/mol. The summed E-state index contributed by atoms with van der Waals surface area (Å²) in [6.45, 7) is 10.0. The largest absolute Gasteiger partial charge is 0.370 e. The molecule has 1 heterocycles. The van der Waals surface area contributed by atoms with Gasteiger partial charge in [-0.05, 0) is 31.9 Å². The van der Waals surface area contributed by atoms with E-state index in [1.165, 1.54) is 11.1 Å². The van der Waals surface area contributed by atoms with Gasteiger partial charge in [0.15, 0.2) is 0 Å². The van der Waals surface area contributed by atoms with Crippen molar-refractivity contribution >= 4 is 0 Å². The molecule has 1 atom stereocenters. The van der Waals surface area contributed by atoms with E-state index in [0.29, 0.717) is 12.6 Å². The minimum atomic E-state index is -0.0524. The summed E-state index contributed by atoms with van der Waals surface area (Å²) in [5.74, 6) is 0. The van der Waals surface area contributed by atoms with Gasteiger partial charge in [0.2, 0.25) is 0 Å².